The molecule has 0 aliphatic carbocycles. The average molecular weight is 403 g/mol. The van der Waals surface area contributed by atoms with Crippen LogP contribution in [0.3, 0.4) is 0 Å². The molecule has 1 amide bonds. The highest BCUT2D eigenvalue weighted by atomic mass is 79.9. The first-order chi connectivity index (χ1) is 12.2. The smallest absolute Gasteiger partial charge is 0.277 e. The summed E-state index contributed by atoms with van der Waals surface area (Å²) in [5.74, 6) is 0.388. The first kappa shape index (κ1) is 19.2. The van der Waals surface area contributed by atoms with E-state index in [0.29, 0.717) is 5.75 Å². The molecule has 0 spiro atoms. The Labute approximate surface area is 157 Å². The van der Waals surface area contributed by atoms with E-state index in [1.807, 2.05) is 48.5 Å². The Morgan fingerprint density at radius 3 is 2.64 bits per heavy atom. The Bertz CT molecular complexity index is 699. The van der Waals surface area contributed by atoms with Crippen LogP contribution >= 0.6 is 15.9 Å². The van der Waals surface area contributed by atoms with Crippen LogP contribution in [0.25, 0.3) is 0 Å². The summed E-state index contributed by atoms with van der Waals surface area (Å²) in [5, 5.41) is 3.94. The molecule has 1 N–H and O–H groups in total. The fourth-order valence-corrected chi connectivity index (χ4v) is 2.65. The lowest BCUT2D eigenvalue weighted by Gasteiger charge is -2.06. The van der Waals surface area contributed by atoms with Gasteiger partial charge >= 0.3 is 0 Å². The van der Waals surface area contributed by atoms with E-state index in [9.17, 15) is 4.79 Å². The molecule has 0 aliphatic rings. The average Bonchev–Trinajstić information content (AvgIpc) is 2.63. The summed E-state index contributed by atoms with van der Waals surface area (Å²) in [5.41, 5.74) is 4.64. The predicted octanol–water partition coefficient (Wildman–Crippen LogP) is 4.71. The molecule has 0 atom stereocenters. The van der Waals surface area contributed by atoms with Crippen LogP contribution in [0, 0.1) is 0 Å². The molecule has 4 nitrogen and oxygen atoms in total. The summed E-state index contributed by atoms with van der Waals surface area (Å²) in [6, 6.07) is 15.5. The molecule has 0 saturated heterocycles. The van der Waals surface area contributed by atoms with Crippen molar-refractivity contribution in [3.8, 4) is 5.75 Å². The van der Waals surface area contributed by atoms with E-state index in [1.54, 1.807) is 6.21 Å². The summed E-state index contributed by atoms with van der Waals surface area (Å²) in [7, 11) is 0. The quantitative estimate of drug-likeness (QED) is 0.375. The summed E-state index contributed by atoms with van der Waals surface area (Å²) in [4.78, 5) is 11.8. The zero-order valence-corrected chi connectivity index (χ0v) is 16.0. The van der Waals surface area contributed by atoms with Gasteiger partial charge in [0.05, 0.1) is 6.21 Å². The summed E-state index contributed by atoms with van der Waals surface area (Å²) in [6.45, 7) is 2.13. The largest absolute Gasteiger partial charge is 0.484 e. The number of nitrogens with one attached hydrogen (secondary N) is 1. The summed E-state index contributed by atoms with van der Waals surface area (Å²) >= 11 is 3.42. The van der Waals surface area contributed by atoms with Crippen molar-refractivity contribution in [1.29, 1.82) is 0 Å². The van der Waals surface area contributed by atoms with Gasteiger partial charge in [0.2, 0.25) is 0 Å². The van der Waals surface area contributed by atoms with E-state index in [-0.39, 0.29) is 12.5 Å². The zero-order chi connectivity index (χ0) is 17.9. The number of ether oxygens (including phenoxy) is 1. The second kappa shape index (κ2) is 10.7. The van der Waals surface area contributed by atoms with Crippen LogP contribution in [0.1, 0.15) is 37.3 Å². The minimum atomic E-state index is -0.296. The van der Waals surface area contributed by atoms with Gasteiger partial charge in [-0.2, -0.15) is 5.10 Å². The third-order valence-corrected chi connectivity index (χ3v) is 4.38. The number of unbranched alkanes of at least 4 members (excludes halogenated alkanes) is 2. The molecule has 25 heavy (non-hydrogen) atoms. The standard InChI is InChI=1S/C20H23BrN2O2/c1-2-3-4-7-16-10-12-18(13-11-16)25-15-20(24)23-22-14-17-8-5-6-9-19(17)21/h5-6,8-14H,2-4,7,15H2,1H3,(H,23,24). The highest BCUT2D eigenvalue weighted by molar-refractivity contribution is 9.10. The van der Waals surface area contributed by atoms with Crippen LogP contribution in [-0.2, 0) is 11.2 Å². The summed E-state index contributed by atoms with van der Waals surface area (Å²) in [6.07, 6.45) is 6.35. The van der Waals surface area contributed by atoms with Crippen LogP contribution < -0.4 is 10.2 Å². The van der Waals surface area contributed by atoms with E-state index in [0.717, 1.165) is 16.5 Å². The van der Waals surface area contributed by atoms with Crippen molar-refractivity contribution in [2.45, 2.75) is 32.6 Å². The summed E-state index contributed by atoms with van der Waals surface area (Å²) < 4.78 is 6.40. The minimum absolute atomic E-state index is 0.0670. The van der Waals surface area contributed by atoms with E-state index in [1.165, 1.54) is 24.8 Å². The van der Waals surface area contributed by atoms with Gasteiger partial charge in [0, 0.05) is 10.0 Å². The van der Waals surface area contributed by atoms with Crippen LogP contribution in [0.2, 0.25) is 0 Å². The maximum atomic E-state index is 11.8. The van der Waals surface area contributed by atoms with E-state index >= 15 is 0 Å². The molecule has 2 aromatic rings. The Balaban J connectivity index is 1.73. The van der Waals surface area contributed by atoms with Crippen molar-refractivity contribution >= 4 is 28.1 Å². The number of rotatable bonds is 9. The van der Waals surface area contributed by atoms with Crippen molar-refractivity contribution in [3.63, 3.8) is 0 Å². The molecule has 132 valence electrons. The van der Waals surface area contributed by atoms with E-state index < -0.39 is 0 Å². The van der Waals surface area contributed by atoms with Crippen LogP contribution in [-0.4, -0.2) is 18.7 Å². The van der Waals surface area contributed by atoms with Crippen molar-refractivity contribution in [2.75, 3.05) is 6.61 Å². The second-order valence-corrected chi connectivity index (χ2v) is 6.56. The molecule has 0 radical (unpaired) electrons. The van der Waals surface area contributed by atoms with Gasteiger partial charge < -0.3 is 4.74 Å². The predicted molar refractivity (Wildman–Crippen MR) is 105 cm³/mol. The lowest BCUT2D eigenvalue weighted by Crippen LogP contribution is -2.24. The number of halogens is 1. The molecule has 0 fully saturated rings. The fraction of sp³-hybridized carbons (Fsp3) is 0.300. The molecule has 0 aliphatic heterocycles. The third-order valence-electron chi connectivity index (χ3n) is 3.66. The van der Waals surface area contributed by atoms with Gasteiger partial charge in [0.15, 0.2) is 6.61 Å². The first-order valence-corrected chi connectivity index (χ1v) is 9.26. The number of carbonyl (C=O) groups is 1. The first-order valence-electron chi connectivity index (χ1n) is 8.47. The molecular formula is C20H23BrN2O2. The minimum Gasteiger partial charge on any atom is -0.484 e. The van der Waals surface area contributed by atoms with Gasteiger partial charge in [0.25, 0.3) is 5.91 Å². The van der Waals surface area contributed by atoms with Crippen LogP contribution in [0.4, 0.5) is 0 Å². The molecule has 0 saturated carbocycles. The van der Waals surface area contributed by atoms with Gasteiger partial charge in [-0.25, -0.2) is 5.43 Å². The number of carbonyl (C=O) groups excluding carboxylic acids is 1. The monoisotopic (exact) mass is 402 g/mol. The number of hydrogen-bond acceptors (Lipinski definition) is 3. The SMILES string of the molecule is CCCCCc1ccc(OCC(=O)NN=Cc2ccccc2Br)cc1. The fourth-order valence-electron chi connectivity index (χ4n) is 2.27. The number of aryl methyl sites for hydroxylation is 1. The van der Waals surface area contributed by atoms with Crippen LogP contribution in [0.15, 0.2) is 58.1 Å². The molecule has 0 unspecified atom stereocenters. The Morgan fingerprint density at radius 2 is 1.92 bits per heavy atom. The van der Waals surface area contributed by atoms with Gasteiger partial charge in [-0.3, -0.25) is 4.79 Å². The van der Waals surface area contributed by atoms with Crippen molar-refractivity contribution < 1.29 is 9.53 Å². The second-order valence-electron chi connectivity index (χ2n) is 5.70. The number of nitrogens with zero attached hydrogens (tertiary/aromatic N) is 1. The van der Waals surface area contributed by atoms with Gasteiger partial charge in [-0.15, -0.1) is 0 Å². The molecule has 0 heterocycles. The lowest BCUT2D eigenvalue weighted by atomic mass is 10.1. The Morgan fingerprint density at radius 1 is 1.16 bits per heavy atom. The molecule has 0 bridgehead atoms. The molecular weight excluding hydrogens is 380 g/mol. The van der Waals surface area contributed by atoms with Gasteiger partial charge in [0.1, 0.15) is 5.75 Å². The van der Waals surface area contributed by atoms with Gasteiger partial charge in [-0.1, -0.05) is 66.0 Å². The van der Waals surface area contributed by atoms with Crippen molar-refractivity contribution in [1.82, 2.24) is 5.43 Å². The third kappa shape index (κ3) is 7.10. The highest BCUT2D eigenvalue weighted by Crippen LogP contribution is 2.14. The Kier molecular flexibility index (Phi) is 8.19. The molecule has 5 heteroatoms. The number of benzene rings is 2. The number of amides is 1. The number of hydrazone groups is 1. The maximum absolute atomic E-state index is 11.8. The van der Waals surface area contributed by atoms with Gasteiger partial charge in [-0.05, 0) is 36.6 Å². The van der Waals surface area contributed by atoms with E-state index in [2.05, 4.69) is 33.4 Å². The van der Waals surface area contributed by atoms with E-state index in [4.69, 9.17) is 4.74 Å². The molecule has 2 rings (SSSR count). The van der Waals surface area contributed by atoms with Crippen molar-refractivity contribution in [2.24, 2.45) is 5.10 Å². The normalized spacial score (nSPS) is 10.8. The Hall–Kier alpha value is -2.14. The topological polar surface area (TPSA) is 50.7 Å². The lowest BCUT2D eigenvalue weighted by molar-refractivity contribution is -0.123. The maximum Gasteiger partial charge on any atom is 0.277 e. The van der Waals surface area contributed by atoms with Crippen molar-refractivity contribution in [3.05, 3.63) is 64.1 Å². The molecule has 0 aromatic heterocycles. The van der Waals surface area contributed by atoms with Crippen LogP contribution in [0.5, 0.6) is 5.75 Å². The molecule has 2 aromatic carbocycles. The highest BCUT2D eigenvalue weighted by Gasteiger charge is 2.02. The zero-order valence-electron chi connectivity index (χ0n) is 14.4. The number of hydrogen-bond donors (Lipinski definition) is 1.